The van der Waals surface area contributed by atoms with E-state index in [4.69, 9.17) is 9.26 Å². The highest BCUT2D eigenvalue weighted by Crippen LogP contribution is 2.28. The van der Waals surface area contributed by atoms with Crippen molar-refractivity contribution >= 4 is 29.3 Å². The lowest BCUT2D eigenvalue weighted by molar-refractivity contribution is -0.705. The van der Waals surface area contributed by atoms with Crippen LogP contribution in [0.2, 0.25) is 0 Å². The molecule has 0 fully saturated rings. The minimum Gasteiger partial charge on any atom is -0.538 e. The largest absolute Gasteiger partial charge is 0.538 e. The van der Waals surface area contributed by atoms with Gasteiger partial charge in [0.05, 0.1) is 22.7 Å². The Kier molecular flexibility index (Phi) is 6.50. The van der Waals surface area contributed by atoms with E-state index in [1.54, 1.807) is 50.2 Å². The summed E-state index contributed by atoms with van der Waals surface area (Å²) in [5, 5.41) is 18.2. The van der Waals surface area contributed by atoms with Crippen LogP contribution in [0, 0.1) is 0 Å². The van der Waals surface area contributed by atoms with Gasteiger partial charge < -0.3 is 19.7 Å². The third-order valence-electron chi connectivity index (χ3n) is 3.89. The quantitative estimate of drug-likeness (QED) is 0.360. The number of amides is 1. The van der Waals surface area contributed by atoms with Crippen molar-refractivity contribution in [2.24, 2.45) is 0 Å². The molecule has 1 unspecified atom stereocenters. The second kappa shape index (κ2) is 9.24. The van der Waals surface area contributed by atoms with Gasteiger partial charge in [-0.3, -0.25) is 4.79 Å². The first-order valence-corrected chi connectivity index (χ1v) is 9.76. The molecule has 3 rings (SSSR count). The molecule has 29 heavy (non-hydrogen) atoms. The summed E-state index contributed by atoms with van der Waals surface area (Å²) in [6.07, 6.45) is 0. The van der Waals surface area contributed by atoms with Crippen molar-refractivity contribution in [3.8, 4) is 11.6 Å². The highest BCUT2D eigenvalue weighted by Gasteiger charge is 2.26. The first-order valence-electron chi connectivity index (χ1n) is 8.88. The van der Waals surface area contributed by atoms with Crippen molar-refractivity contribution in [1.82, 2.24) is 5.27 Å². The second-order valence-electron chi connectivity index (χ2n) is 5.96. The van der Waals surface area contributed by atoms with Crippen molar-refractivity contribution in [2.75, 3.05) is 11.9 Å². The van der Waals surface area contributed by atoms with Gasteiger partial charge in [0.25, 0.3) is 5.03 Å². The van der Waals surface area contributed by atoms with Crippen molar-refractivity contribution in [2.45, 2.75) is 24.1 Å². The van der Waals surface area contributed by atoms with E-state index >= 15 is 0 Å². The van der Waals surface area contributed by atoms with Crippen LogP contribution in [0.1, 0.15) is 24.2 Å². The molecular weight excluding hydrogens is 394 g/mol. The predicted molar refractivity (Wildman–Crippen MR) is 104 cm³/mol. The van der Waals surface area contributed by atoms with Gasteiger partial charge in [0, 0.05) is 17.8 Å². The number of benzene rings is 2. The number of thioether (sulfide) groups is 1. The fourth-order valence-electron chi connectivity index (χ4n) is 2.44. The Morgan fingerprint density at radius 3 is 2.55 bits per heavy atom. The molecule has 0 aliphatic rings. The minimum atomic E-state index is -0.614. The van der Waals surface area contributed by atoms with Crippen LogP contribution >= 0.6 is 11.8 Å². The van der Waals surface area contributed by atoms with Crippen LogP contribution in [-0.4, -0.2) is 29.0 Å². The molecular formula is C20H19N3O5S. The standard InChI is InChI=1S/C20H19N3O5S/c1-3-27-19(25)14-9-11-15(12-10-14)21-17(24)13(2)29-18-20(26)28-22-23(18)16-7-5-4-6-8-16/h4-13H,3H2,1-2H3,(H-,21,22,24,25,26). The molecule has 1 amide bonds. The molecule has 0 aliphatic heterocycles. The maximum Gasteiger partial charge on any atom is 0.338 e. The number of rotatable bonds is 7. The van der Waals surface area contributed by atoms with Crippen molar-refractivity contribution in [3.05, 3.63) is 60.2 Å². The van der Waals surface area contributed by atoms with E-state index in [0.717, 1.165) is 11.8 Å². The first kappa shape index (κ1) is 20.4. The van der Waals surface area contributed by atoms with Crippen LogP contribution in [0.15, 0.2) is 64.1 Å². The topological polar surface area (TPSA) is 108 Å². The zero-order valence-corrected chi connectivity index (χ0v) is 16.6. The molecule has 9 heteroatoms. The number of ether oxygens (including phenoxy) is 1. The second-order valence-corrected chi connectivity index (χ2v) is 7.29. The minimum absolute atomic E-state index is 0.205. The Balaban J connectivity index is 1.67. The average Bonchev–Trinajstić information content (AvgIpc) is 3.09. The monoisotopic (exact) mass is 413 g/mol. The Hall–Kier alpha value is -3.33. The fraction of sp³-hybridized carbons (Fsp3) is 0.200. The van der Waals surface area contributed by atoms with Gasteiger partial charge in [-0.1, -0.05) is 18.2 Å². The maximum absolute atomic E-state index is 12.5. The van der Waals surface area contributed by atoms with Crippen molar-refractivity contribution in [1.29, 1.82) is 0 Å². The number of carbonyl (C=O) groups excluding carboxylic acids is 2. The van der Waals surface area contributed by atoms with Gasteiger partial charge in [-0.05, 0) is 54.6 Å². The number of nitrogens with zero attached hydrogens (tertiary/aromatic N) is 2. The number of aromatic nitrogens is 2. The number of carbonyl (C=O) groups is 2. The Morgan fingerprint density at radius 1 is 1.21 bits per heavy atom. The van der Waals surface area contributed by atoms with Crippen LogP contribution in [0.3, 0.4) is 0 Å². The lowest BCUT2D eigenvalue weighted by Gasteiger charge is -2.11. The zero-order chi connectivity index (χ0) is 20.8. The summed E-state index contributed by atoms with van der Waals surface area (Å²) in [5.41, 5.74) is 1.58. The third kappa shape index (κ3) is 4.94. The molecule has 2 aromatic carbocycles. The molecule has 0 bridgehead atoms. The molecule has 3 aromatic rings. The summed E-state index contributed by atoms with van der Waals surface area (Å²) in [7, 11) is 0. The summed E-state index contributed by atoms with van der Waals surface area (Å²) in [6.45, 7) is 3.70. The average molecular weight is 413 g/mol. The van der Waals surface area contributed by atoms with Gasteiger partial charge in [0.1, 0.15) is 0 Å². The lowest BCUT2D eigenvalue weighted by Crippen LogP contribution is -2.36. The van der Waals surface area contributed by atoms with Crippen LogP contribution < -0.4 is 15.1 Å². The maximum atomic E-state index is 12.5. The molecule has 150 valence electrons. The molecule has 0 saturated heterocycles. The van der Waals surface area contributed by atoms with Gasteiger partial charge >= 0.3 is 5.97 Å². The summed E-state index contributed by atoms with van der Waals surface area (Å²) in [6, 6.07) is 15.4. The molecule has 1 atom stereocenters. The summed E-state index contributed by atoms with van der Waals surface area (Å²) in [4.78, 5) is 24.2. The number of nitrogens with one attached hydrogen (secondary N) is 1. The van der Waals surface area contributed by atoms with Crippen molar-refractivity contribution in [3.63, 3.8) is 0 Å². The van der Waals surface area contributed by atoms with E-state index in [0.29, 0.717) is 23.5 Å². The lowest BCUT2D eigenvalue weighted by atomic mass is 10.2. The molecule has 8 nitrogen and oxygen atoms in total. The van der Waals surface area contributed by atoms with Gasteiger partial charge in [-0.2, -0.15) is 0 Å². The molecule has 0 radical (unpaired) electrons. The van der Waals surface area contributed by atoms with Crippen LogP contribution in [0.5, 0.6) is 5.95 Å². The molecule has 1 N–H and O–H groups in total. The normalized spacial score (nSPS) is 11.7. The summed E-state index contributed by atoms with van der Waals surface area (Å²) >= 11 is 1.05. The van der Waals surface area contributed by atoms with Crippen LogP contribution in [0.4, 0.5) is 5.69 Å². The number of hydrogen-bond acceptors (Lipinski definition) is 7. The fourth-order valence-corrected chi connectivity index (χ4v) is 3.31. The number of anilines is 1. The Morgan fingerprint density at radius 2 is 1.90 bits per heavy atom. The summed E-state index contributed by atoms with van der Waals surface area (Å²) in [5.74, 6) is -1.34. The van der Waals surface area contributed by atoms with E-state index in [-0.39, 0.29) is 10.9 Å². The van der Waals surface area contributed by atoms with Gasteiger partial charge in [0.15, 0.2) is 5.95 Å². The number of hydrogen-bond donors (Lipinski definition) is 1. The number of esters is 1. The smallest absolute Gasteiger partial charge is 0.338 e. The van der Waals surface area contributed by atoms with E-state index < -0.39 is 17.2 Å². The molecule has 0 spiro atoms. The van der Waals surface area contributed by atoms with E-state index in [2.05, 4.69) is 10.6 Å². The highest BCUT2D eigenvalue weighted by atomic mass is 32.2. The van der Waals surface area contributed by atoms with E-state index in [1.165, 1.54) is 4.68 Å². The molecule has 0 saturated carbocycles. The van der Waals surface area contributed by atoms with Crippen LogP contribution in [-0.2, 0) is 9.53 Å². The zero-order valence-electron chi connectivity index (χ0n) is 15.8. The SMILES string of the molecule is CCOC(=O)c1ccc(NC(=O)C(C)Sc2c([O-])on[n+]2-c2ccccc2)cc1. The van der Waals surface area contributed by atoms with Gasteiger partial charge in [-0.25, -0.2) is 4.79 Å². The van der Waals surface area contributed by atoms with E-state index in [1.807, 2.05) is 18.2 Å². The molecule has 1 heterocycles. The Labute approximate surface area is 171 Å². The molecule has 0 aliphatic carbocycles. The van der Waals surface area contributed by atoms with E-state index in [9.17, 15) is 14.7 Å². The predicted octanol–water partition coefficient (Wildman–Crippen LogP) is 2.32. The highest BCUT2D eigenvalue weighted by molar-refractivity contribution is 8.00. The molecule has 1 aromatic heterocycles. The number of para-hydroxylation sites is 1. The van der Waals surface area contributed by atoms with Crippen LogP contribution in [0.25, 0.3) is 5.69 Å². The van der Waals surface area contributed by atoms with Gasteiger partial charge in [0.2, 0.25) is 11.6 Å². The van der Waals surface area contributed by atoms with Gasteiger partial charge in [-0.15, -0.1) is 0 Å². The summed E-state index contributed by atoms with van der Waals surface area (Å²) < 4.78 is 11.1. The Bertz CT molecular complexity index is 989. The third-order valence-corrected chi connectivity index (χ3v) is 5.02. The van der Waals surface area contributed by atoms with Crippen molar-refractivity contribution < 1.29 is 28.6 Å². The first-order chi connectivity index (χ1) is 14.0.